The molecule has 1 aromatic rings. The first kappa shape index (κ1) is 14.5. The summed E-state index contributed by atoms with van der Waals surface area (Å²) < 4.78 is 30.4. The fraction of sp³-hybridized carbons (Fsp3) is 0.455. The summed E-state index contributed by atoms with van der Waals surface area (Å²) in [6, 6.07) is 2.15. The molecule has 1 saturated heterocycles. The van der Waals surface area contributed by atoms with Crippen LogP contribution in [0.3, 0.4) is 0 Å². The number of furan rings is 1. The van der Waals surface area contributed by atoms with Crippen molar-refractivity contribution in [3.05, 3.63) is 17.9 Å². The highest BCUT2D eigenvalue weighted by molar-refractivity contribution is 7.89. The Labute approximate surface area is 115 Å². The summed E-state index contributed by atoms with van der Waals surface area (Å²) in [6.07, 6.45) is 0.508. The summed E-state index contributed by atoms with van der Waals surface area (Å²) in [7, 11) is -2.39. The van der Waals surface area contributed by atoms with E-state index in [-0.39, 0.29) is 19.0 Å². The minimum absolute atomic E-state index is 0.182. The minimum Gasteiger partial charge on any atom is -0.475 e. The third kappa shape index (κ3) is 2.68. The van der Waals surface area contributed by atoms with Crippen LogP contribution in [-0.2, 0) is 14.8 Å². The molecule has 1 N–H and O–H groups in total. The Hall–Kier alpha value is -1.87. The first-order valence-electron chi connectivity index (χ1n) is 5.89. The van der Waals surface area contributed by atoms with Crippen LogP contribution < -0.4 is 0 Å². The van der Waals surface area contributed by atoms with Gasteiger partial charge in [0.25, 0.3) is 10.0 Å². The van der Waals surface area contributed by atoms with E-state index in [1.54, 1.807) is 7.05 Å². The number of carbonyl (C=O) groups is 2. The largest absolute Gasteiger partial charge is 0.475 e. The van der Waals surface area contributed by atoms with Crippen LogP contribution in [0.15, 0.2) is 21.6 Å². The van der Waals surface area contributed by atoms with Crippen molar-refractivity contribution in [2.75, 3.05) is 26.7 Å². The average Bonchev–Trinajstić information content (AvgIpc) is 2.81. The van der Waals surface area contributed by atoms with E-state index in [1.807, 2.05) is 0 Å². The first-order chi connectivity index (χ1) is 9.32. The van der Waals surface area contributed by atoms with E-state index in [4.69, 9.17) is 9.52 Å². The normalized spacial score (nSPS) is 18.1. The van der Waals surface area contributed by atoms with Gasteiger partial charge in [-0.3, -0.25) is 4.79 Å². The maximum atomic E-state index is 12.3. The number of hydrogen-bond donors (Lipinski definition) is 1. The molecule has 0 spiro atoms. The zero-order valence-electron chi connectivity index (χ0n) is 10.8. The van der Waals surface area contributed by atoms with E-state index in [2.05, 4.69) is 0 Å². The van der Waals surface area contributed by atoms with E-state index in [9.17, 15) is 18.0 Å². The zero-order chi connectivity index (χ0) is 14.9. The summed E-state index contributed by atoms with van der Waals surface area (Å²) in [6.45, 7) is 0.382. The summed E-state index contributed by atoms with van der Waals surface area (Å²) in [5.41, 5.74) is 0. The number of likely N-dealkylation sites (N-methyl/N-ethyl adjacent to an activating group) is 1. The Morgan fingerprint density at radius 2 is 2.05 bits per heavy atom. The Kier molecular flexibility index (Phi) is 3.82. The van der Waals surface area contributed by atoms with Gasteiger partial charge in [-0.1, -0.05) is 0 Å². The Balaban J connectivity index is 2.29. The predicted molar refractivity (Wildman–Crippen MR) is 66.7 cm³/mol. The highest BCUT2D eigenvalue weighted by atomic mass is 32.2. The summed E-state index contributed by atoms with van der Waals surface area (Å²) in [5.74, 6) is -2.11. The van der Waals surface area contributed by atoms with Crippen molar-refractivity contribution in [1.29, 1.82) is 0 Å². The van der Waals surface area contributed by atoms with Crippen molar-refractivity contribution in [2.45, 2.75) is 11.5 Å². The van der Waals surface area contributed by atoms with E-state index >= 15 is 0 Å². The Bertz CT molecular complexity index is 635. The van der Waals surface area contributed by atoms with Crippen LogP contribution in [0.2, 0.25) is 0 Å². The quantitative estimate of drug-likeness (QED) is 0.830. The molecule has 0 aliphatic carbocycles. The molecule has 2 heterocycles. The van der Waals surface area contributed by atoms with Crippen LogP contribution in [0, 0.1) is 0 Å². The SMILES string of the molecule is CN1CCCN(S(=O)(=O)c2ccc(C(=O)O)o2)CC1=O. The van der Waals surface area contributed by atoms with Crippen LogP contribution in [0.1, 0.15) is 17.0 Å². The molecule has 1 aromatic heterocycles. The van der Waals surface area contributed by atoms with Gasteiger partial charge in [-0.15, -0.1) is 0 Å². The number of rotatable bonds is 3. The molecule has 20 heavy (non-hydrogen) atoms. The van der Waals surface area contributed by atoms with Gasteiger partial charge >= 0.3 is 5.97 Å². The topological polar surface area (TPSA) is 108 Å². The van der Waals surface area contributed by atoms with E-state index < -0.39 is 26.8 Å². The fourth-order valence-corrected chi connectivity index (χ4v) is 3.21. The van der Waals surface area contributed by atoms with Gasteiger partial charge in [-0.05, 0) is 18.6 Å². The maximum Gasteiger partial charge on any atom is 0.371 e. The molecular formula is C11H14N2O6S. The first-order valence-corrected chi connectivity index (χ1v) is 7.33. The van der Waals surface area contributed by atoms with E-state index in [0.29, 0.717) is 13.0 Å². The lowest BCUT2D eigenvalue weighted by Crippen LogP contribution is -2.37. The number of nitrogens with zero attached hydrogens (tertiary/aromatic N) is 2. The van der Waals surface area contributed by atoms with Crippen LogP contribution in [0.25, 0.3) is 0 Å². The molecule has 1 aliphatic heterocycles. The molecule has 110 valence electrons. The Morgan fingerprint density at radius 1 is 1.35 bits per heavy atom. The van der Waals surface area contributed by atoms with Gasteiger partial charge in [-0.2, -0.15) is 4.31 Å². The lowest BCUT2D eigenvalue weighted by molar-refractivity contribution is -0.129. The molecule has 0 atom stereocenters. The van der Waals surface area contributed by atoms with Crippen molar-refractivity contribution in [3.8, 4) is 0 Å². The third-order valence-corrected chi connectivity index (χ3v) is 4.74. The molecule has 1 aliphatic rings. The molecule has 0 unspecified atom stereocenters. The van der Waals surface area contributed by atoms with Gasteiger partial charge in [0.05, 0.1) is 6.54 Å². The van der Waals surface area contributed by atoms with Crippen LogP contribution in [0.4, 0.5) is 0 Å². The smallest absolute Gasteiger partial charge is 0.371 e. The summed E-state index contributed by atoms with van der Waals surface area (Å²) in [5, 5.41) is 8.27. The third-order valence-electron chi connectivity index (χ3n) is 3.02. The predicted octanol–water partition coefficient (Wildman–Crippen LogP) is -0.169. The highest BCUT2D eigenvalue weighted by Gasteiger charge is 2.32. The van der Waals surface area contributed by atoms with Crippen LogP contribution >= 0.6 is 0 Å². The minimum atomic E-state index is -4.00. The maximum absolute atomic E-state index is 12.3. The lowest BCUT2D eigenvalue weighted by atomic mass is 10.4. The van der Waals surface area contributed by atoms with Gasteiger partial charge in [0, 0.05) is 20.1 Å². The number of aromatic carboxylic acids is 1. The van der Waals surface area contributed by atoms with Gasteiger partial charge in [0.15, 0.2) is 0 Å². The van der Waals surface area contributed by atoms with E-state index in [0.717, 1.165) is 16.4 Å². The number of carbonyl (C=O) groups excluding carboxylic acids is 1. The molecule has 2 rings (SSSR count). The monoisotopic (exact) mass is 302 g/mol. The second kappa shape index (κ2) is 5.25. The van der Waals surface area contributed by atoms with Gasteiger partial charge in [0.2, 0.25) is 16.8 Å². The molecule has 1 amide bonds. The second-order valence-electron chi connectivity index (χ2n) is 4.43. The molecule has 0 saturated carbocycles. The van der Waals surface area contributed by atoms with Crippen molar-refractivity contribution < 1.29 is 27.5 Å². The van der Waals surface area contributed by atoms with Gasteiger partial charge in [-0.25, -0.2) is 13.2 Å². The molecule has 8 nitrogen and oxygen atoms in total. The van der Waals surface area contributed by atoms with E-state index in [1.165, 1.54) is 4.90 Å². The molecule has 0 bridgehead atoms. The average molecular weight is 302 g/mol. The number of carboxylic acid groups (broad SMARTS) is 1. The van der Waals surface area contributed by atoms with Crippen molar-refractivity contribution in [2.24, 2.45) is 0 Å². The van der Waals surface area contributed by atoms with Crippen molar-refractivity contribution in [3.63, 3.8) is 0 Å². The highest BCUT2D eigenvalue weighted by Crippen LogP contribution is 2.20. The molecule has 9 heteroatoms. The molecule has 0 radical (unpaired) electrons. The summed E-state index contributed by atoms with van der Waals surface area (Å²) in [4.78, 5) is 23.9. The number of hydrogen-bond acceptors (Lipinski definition) is 5. The second-order valence-corrected chi connectivity index (χ2v) is 6.30. The van der Waals surface area contributed by atoms with Gasteiger partial charge < -0.3 is 14.4 Å². The van der Waals surface area contributed by atoms with Crippen LogP contribution in [0.5, 0.6) is 0 Å². The standard InChI is InChI=1S/C11H14N2O6S/c1-12-5-2-6-13(7-9(12)14)20(17,18)10-4-3-8(19-10)11(15)16/h3-4H,2,5-7H2,1H3,(H,15,16). The zero-order valence-corrected chi connectivity index (χ0v) is 11.6. The van der Waals surface area contributed by atoms with Crippen molar-refractivity contribution in [1.82, 2.24) is 9.21 Å². The number of sulfonamides is 1. The lowest BCUT2D eigenvalue weighted by Gasteiger charge is -2.17. The molecule has 1 fully saturated rings. The van der Waals surface area contributed by atoms with Crippen LogP contribution in [-0.4, -0.2) is 61.3 Å². The van der Waals surface area contributed by atoms with Gasteiger partial charge in [0.1, 0.15) is 0 Å². The number of carboxylic acids is 1. The molecular weight excluding hydrogens is 288 g/mol. The van der Waals surface area contributed by atoms with Crippen molar-refractivity contribution >= 4 is 21.9 Å². The Morgan fingerprint density at radius 3 is 2.65 bits per heavy atom. The fourth-order valence-electron chi connectivity index (χ4n) is 1.87. The molecule has 0 aromatic carbocycles. The summed E-state index contributed by atoms with van der Waals surface area (Å²) >= 11 is 0. The number of amides is 1.